The molecule has 0 aliphatic rings. The summed E-state index contributed by atoms with van der Waals surface area (Å²) in [6.45, 7) is 2.40. The Bertz CT molecular complexity index is 408. The number of amides is 1. The third kappa shape index (κ3) is 5.39. The molecule has 104 valence electrons. The van der Waals surface area contributed by atoms with Crippen molar-refractivity contribution in [3.63, 3.8) is 0 Å². The highest BCUT2D eigenvalue weighted by atomic mass is 16.5. The summed E-state index contributed by atoms with van der Waals surface area (Å²) in [5.41, 5.74) is 5.41. The van der Waals surface area contributed by atoms with Gasteiger partial charge in [-0.15, -0.1) is 0 Å². The number of hydrogen-bond donors (Lipinski definition) is 2. The van der Waals surface area contributed by atoms with Crippen molar-refractivity contribution in [3.8, 4) is 5.75 Å². The van der Waals surface area contributed by atoms with Gasteiger partial charge in [-0.05, 0) is 19.1 Å². The number of esters is 1. The van der Waals surface area contributed by atoms with Gasteiger partial charge < -0.3 is 20.5 Å². The van der Waals surface area contributed by atoms with Crippen molar-refractivity contribution in [1.29, 1.82) is 0 Å². The normalized spacial score (nSPS) is 11.5. The topological polar surface area (TPSA) is 90.7 Å². The number of ether oxygens (including phenoxy) is 2. The zero-order valence-electron chi connectivity index (χ0n) is 10.8. The van der Waals surface area contributed by atoms with Gasteiger partial charge in [-0.3, -0.25) is 4.79 Å². The van der Waals surface area contributed by atoms with Gasteiger partial charge in [-0.1, -0.05) is 18.2 Å². The van der Waals surface area contributed by atoms with Crippen LogP contribution in [0.25, 0.3) is 0 Å². The molecule has 1 rings (SSSR count). The maximum atomic E-state index is 11.5. The molecule has 19 heavy (non-hydrogen) atoms. The van der Waals surface area contributed by atoms with Crippen LogP contribution in [-0.4, -0.2) is 37.7 Å². The van der Waals surface area contributed by atoms with Gasteiger partial charge in [-0.25, -0.2) is 4.79 Å². The van der Waals surface area contributed by atoms with Crippen LogP contribution in [0, 0.1) is 0 Å². The molecule has 0 spiro atoms. The maximum absolute atomic E-state index is 11.5. The molecule has 6 nitrogen and oxygen atoms in total. The van der Waals surface area contributed by atoms with Crippen LogP contribution in [0.4, 0.5) is 0 Å². The molecule has 0 bridgehead atoms. The van der Waals surface area contributed by atoms with Crippen LogP contribution < -0.4 is 15.8 Å². The van der Waals surface area contributed by atoms with E-state index in [0.717, 1.165) is 0 Å². The minimum absolute atomic E-state index is 0.191. The van der Waals surface area contributed by atoms with Crippen molar-refractivity contribution in [2.45, 2.75) is 13.0 Å². The molecule has 0 aliphatic heterocycles. The zero-order valence-corrected chi connectivity index (χ0v) is 10.8. The smallest absolute Gasteiger partial charge is 0.332 e. The van der Waals surface area contributed by atoms with Crippen molar-refractivity contribution in [2.75, 3.05) is 19.8 Å². The van der Waals surface area contributed by atoms with Crippen molar-refractivity contribution in [2.24, 2.45) is 5.73 Å². The summed E-state index contributed by atoms with van der Waals surface area (Å²) in [4.78, 5) is 22.7. The first kappa shape index (κ1) is 15.0. The molecule has 1 aromatic rings. The predicted molar refractivity (Wildman–Crippen MR) is 69.6 cm³/mol. The van der Waals surface area contributed by atoms with E-state index in [4.69, 9.17) is 10.5 Å². The van der Waals surface area contributed by atoms with Crippen molar-refractivity contribution < 1.29 is 19.1 Å². The third-order valence-corrected chi connectivity index (χ3v) is 2.24. The molecule has 0 aromatic heterocycles. The highest BCUT2D eigenvalue weighted by Gasteiger charge is 2.22. The lowest BCUT2D eigenvalue weighted by molar-refractivity contribution is -0.148. The van der Waals surface area contributed by atoms with E-state index in [9.17, 15) is 9.59 Å². The molecule has 0 fully saturated rings. The number of nitrogens with one attached hydrogen (secondary N) is 1. The van der Waals surface area contributed by atoms with Gasteiger partial charge in [0, 0.05) is 0 Å². The van der Waals surface area contributed by atoms with Crippen molar-refractivity contribution >= 4 is 11.9 Å². The second-order valence-corrected chi connectivity index (χ2v) is 3.68. The van der Waals surface area contributed by atoms with Gasteiger partial charge in [0.15, 0.2) is 6.04 Å². The second kappa shape index (κ2) is 8.10. The molecular formula is C13H18N2O4. The van der Waals surface area contributed by atoms with Crippen LogP contribution in [0.2, 0.25) is 0 Å². The molecule has 3 N–H and O–H groups in total. The van der Waals surface area contributed by atoms with Crippen LogP contribution >= 0.6 is 0 Å². The fraction of sp³-hybridized carbons (Fsp3) is 0.385. The molecule has 0 saturated heterocycles. The summed E-state index contributed by atoms with van der Waals surface area (Å²) >= 11 is 0. The van der Waals surface area contributed by atoms with Crippen LogP contribution in [-0.2, 0) is 14.3 Å². The average Bonchev–Trinajstić information content (AvgIpc) is 2.44. The standard InChI is InChI=1S/C13H18N2O4/c1-2-18-13(17)11(14)12(16)15-8-9-19-10-6-4-3-5-7-10/h3-7,11H,2,8-9,14H2,1H3,(H,15,16). The summed E-state index contributed by atoms with van der Waals surface area (Å²) in [6, 6.07) is 7.91. The molecular weight excluding hydrogens is 248 g/mol. The summed E-state index contributed by atoms with van der Waals surface area (Å²) in [6.07, 6.45) is 0. The first-order valence-corrected chi connectivity index (χ1v) is 6.03. The Morgan fingerprint density at radius 3 is 2.63 bits per heavy atom. The average molecular weight is 266 g/mol. The molecule has 0 radical (unpaired) electrons. The van der Waals surface area contributed by atoms with E-state index in [0.29, 0.717) is 12.4 Å². The Kier molecular flexibility index (Phi) is 6.38. The number of hydrogen-bond acceptors (Lipinski definition) is 5. The molecule has 1 atom stereocenters. The number of rotatable bonds is 7. The number of benzene rings is 1. The van der Waals surface area contributed by atoms with Crippen molar-refractivity contribution in [3.05, 3.63) is 30.3 Å². The summed E-state index contributed by atoms with van der Waals surface area (Å²) in [5, 5.41) is 2.50. The lowest BCUT2D eigenvalue weighted by Gasteiger charge is -2.11. The number of nitrogens with two attached hydrogens (primary N) is 1. The minimum Gasteiger partial charge on any atom is -0.492 e. The highest BCUT2D eigenvalue weighted by Crippen LogP contribution is 2.07. The summed E-state index contributed by atoms with van der Waals surface area (Å²) < 4.78 is 10.0. The van der Waals surface area contributed by atoms with Gasteiger partial charge >= 0.3 is 5.97 Å². The fourth-order valence-corrected chi connectivity index (χ4v) is 1.31. The maximum Gasteiger partial charge on any atom is 0.332 e. The van der Waals surface area contributed by atoms with E-state index >= 15 is 0 Å². The fourth-order valence-electron chi connectivity index (χ4n) is 1.31. The van der Waals surface area contributed by atoms with Crippen LogP contribution in [0.3, 0.4) is 0 Å². The summed E-state index contributed by atoms with van der Waals surface area (Å²) in [7, 11) is 0. The quantitative estimate of drug-likeness (QED) is 0.414. The SMILES string of the molecule is CCOC(=O)C(N)C(=O)NCCOc1ccccc1. The molecule has 1 amide bonds. The van der Waals surface area contributed by atoms with Crippen LogP contribution in [0.15, 0.2) is 30.3 Å². The van der Waals surface area contributed by atoms with Gasteiger partial charge in [0.25, 0.3) is 0 Å². The second-order valence-electron chi connectivity index (χ2n) is 3.68. The van der Waals surface area contributed by atoms with Crippen molar-refractivity contribution in [1.82, 2.24) is 5.32 Å². The number of carbonyl (C=O) groups excluding carboxylic acids is 2. The minimum atomic E-state index is -1.29. The molecule has 0 saturated carbocycles. The third-order valence-electron chi connectivity index (χ3n) is 2.24. The lowest BCUT2D eigenvalue weighted by Crippen LogP contribution is -2.47. The molecule has 6 heteroatoms. The first-order chi connectivity index (χ1) is 9.15. The first-order valence-electron chi connectivity index (χ1n) is 6.03. The van der Waals surface area contributed by atoms with Gasteiger partial charge in [0.05, 0.1) is 13.2 Å². The zero-order chi connectivity index (χ0) is 14.1. The van der Waals surface area contributed by atoms with E-state index in [1.807, 2.05) is 30.3 Å². The van der Waals surface area contributed by atoms with E-state index in [1.165, 1.54) is 0 Å². The number of carbonyl (C=O) groups is 2. The summed E-state index contributed by atoms with van der Waals surface area (Å²) in [5.74, 6) is -0.592. The predicted octanol–water partition coefficient (Wildman–Crippen LogP) is 0.0720. The Labute approximate surface area is 111 Å². The van der Waals surface area contributed by atoms with Gasteiger partial charge in [0.1, 0.15) is 12.4 Å². The van der Waals surface area contributed by atoms with E-state index in [1.54, 1.807) is 6.92 Å². The largest absolute Gasteiger partial charge is 0.492 e. The molecule has 0 aliphatic carbocycles. The molecule has 1 aromatic carbocycles. The Morgan fingerprint density at radius 1 is 1.32 bits per heavy atom. The Hall–Kier alpha value is -2.08. The van der Waals surface area contributed by atoms with E-state index in [2.05, 4.69) is 10.1 Å². The Balaban J connectivity index is 2.22. The van der Waals surface area contributed by atoms with Gasteiger partial charge in [-0.2, -0.15) is 0 Å². The molecule has 0 heterocycles. The van der Waals surface area contributed by atoms with Crippen LogP contribution in [0.5, 0.6) is 5.75 Å². The monoisotopic (exact) mass is 266 g/mol. The van der Waals surface area contributed by atoms with Crippen LogP contribution in [0.1, 0.15) is 6.92 Å². The lowest BCUT2D eigenvalue weighted by atomic mass is 10.3. The highest BCUT2D eigenvalue weighted by molar-refractivity contribution is 6.01. The van der Waals surface area contributed by atoms with E-state index in [-0.39, 0.29) is 13.2 Å². The van der Waals surface area contributed by atoms with E-state index < -0.39 is 17.9 Å². The number of para-hydroxylation sites is 1. The Morgan fingerprint density at radius 2 is 2.00 bits per heavy atom. The molecule has 1 unspecified atom stereocenters. The van der Waals surface area contributed by atoms with Gasteiger partial charge in [0.2, 0.25) is 5.91 Å².